The summed E-state index contributed by atoms with van der Waals surface area (Å²) in [6, 6.07) is 3.55. The lowest BCUT2D eigenvalue weighted by Gasteiger charge is -2.27. The van der Waals surface area contributed by atoms with Crippen molar-refractivity contribution in [1.82, 2.24) is 10.2 Å². The van der Waals surface area contributed by atoms with Gasteiger partial charge in [0.05, 0.1) is 12.6 Å². The van der Waals surface area contributed by atoms with Crippen LogP contribution in [-0.4, -0.2) is 29.4 Å². The van der Waals surface area contributed by atoms with Crippen LogP contribution in [0.3, 0.4) is 0 Å². The molecule has 0 saturated carbocycles. The van der Waals surface area contributed by atoms with Gasteiger partial charge < -0.3 is 9.73 Å². The third-order valence-corrected chi connectivity index (χ3v) is 3.00. The first-order valence-corrected chi connectivity index (χ1v) is 6.75. The summed E-state index contributed by atoms with van der Waals surface area (Å²) < 4.78 is 6.13. The second-order valence-electron chi connectivity index (χ2n) is 5.54. The fraction of sp³-hybridized carbons (Fsp3) is 0.615. The molecule has 0 aliphatic carbocycles. The van der Waals surface area contributed by atoms with Gasteiger partial charge in [0.1, 0.15) is 5.76 Å². The zero-order chi connectivity index (χ0) is 13.9. The third-order valence-electron chi connectivity index (χ3n) is 2.57. The van der Waals surface area contributed by atoms with E-state index in [4.69, 9.17) is 4.42 Å². The highest BCUT2D eigenvalue weighted by atomic mass is 79.9. The van der Waals surface area contributed by atoms with Gasteiger partial charge in [0.15, 0.2) is 4.67 Å². The molecule has 1 aromatic rings. The van der Waals surface area contributed by atoms with E-state index in [9.17, 15) is 4.79 Å². The Morgan fingerprint density at radius 3 is 2.56 bits per heavy atom. The van der Waals surface area contributed by atoms with E-state index in [1.807, 2.05) is 51.8 Å². The number of nitrogens with zero attached hydrogens (tertiary/aromatic N) is 1. The van der Waals surface area contributed by atoms with Gasteiger partial charge in [-0.2, -0.15) is 0 Å². The van der Waals surface area contributed by atoms with Gasteiger partial charge in [-0.3, -0.25) is 9.69 Å². The Bertz CT molecular complexity index is 409. The van der Waals surface area contributed by atoms with Gasteiger partial charge >= 0.3 is 0 Å². The Kier molecular flexibility index (Phi) is 4.99. The summed E-state index contributed by atoms with van der Waals surface area (Å²) in [7, 11) is 1.91. The predicted molar refractivity (Wildman–Crippen MR) is 75.2 cm³/mol. The van der Waals surface area contributed by atoms with Crippen LogP contribution in [0, 0.1) is 0 Å². The average Bonchev–Trinajstić information content (AvgIpc) is 2.60. The topological polar surface area (TPSA) is 45.5 Å². The molecule has 0 saturated heterocycles. The van der Waals surface area contributed by atoms with Gasteiger partial charge in [-0.15, -0.1) is 0 Å². The number of hydrogen-bond donors (Lipinski definition) is 1. The fourth-order valence-electron chi connectivity index (χ4n) is 1.49. The van der Waals surface area contributed by atoms with E-state index in [1.54, 1.807) is 0 Å². The minimum Gasteiger partial charge on any atom is -0.453 e. The summed E-state index contributed by atoms with van der Waals surface area (Å²) in [4.78, 5) is 14.0. The largest absolute Gasteiger partial charge is 0.453 e. The van der Waals surface area contributed by atoms with E-state index in [2.05, 4.69) is 21.2 Å². The monoisotopic (exact) mass is 316 g/mol. The zero-order valence-corrected chi connectivity index (χ0v) is 13.2. The zero-order valence-electron chi connectivity index (χ0n) is 11.6. The summed E-state index contributed by atoms with van der Waals surface area (Å²) in [5.41, 5.74) is -0.208. The lowest BCUT2D eigenvalue weighted by Crippen LogP contribution is -2.49. The number of carbonyl (C=O) groups excluding carboxylic acids is 1. The fourth-order valence-corrected chi connectivity index (χ4v) is 1.83. The molecule has 1 atom stereocenters. The van der Waals surface area contributed by atoms with Gasteiger partial charge in [0.25, 0.3) is 0 Å². The highest BCUT2D eigenvalue weighted by Gasteiger charge is 2.22. The molecule has 5 heteroatoms. The molecule has 18 heavy (non-hydrogen) atoms. The van der Waals surface area contributed by atoms with Crippen LogP contribution in [0.5, 0.6) is 0 Å². The van der Waals surface area contributed by atoms with Crippen LogP contribution < -0.4 is 5.32 Å². The highest BCUT2D eigenvalue weighted by Crippen LogP contribution is 2.16. The van der Waals surface area contributed by atoms with Crippen molar-refractivity contribution in [2.45, 2.75) is 45.8 Å². The van der Waals surface area contributed by atoms with Crippen molar-refractivity contribution in [1.29, 1.82) is 0 Å². The molecule has 1 heterocycles. The molecule has 1 aromatic heterocycles. The van der Waals surface area contributed by atoms with Gasteiger partial charge in [0.2, 0.25) is 5.91 Å². The number of nitrogens with one attached hydrogen (secondary N) is 1. The lowest BCUT2D eigenvalue weighted by atomic mass is 10.1. The van der Waals surface area contributed by atoms with Crippen molar-refractivity contribution in [2.75, 3.05) is 7.05 Å². The van der Waals surface area contributed by atoms with E-state index >= 15 is 0 Å². The molecule has 0 aromatic carbocycles. The minimum absolute atomic E-state index is 0.0237. The van der Waals surface area contributed by atoms with Crippen molar-refractivity contribution in [3.63, 3.8) is 0 Å². The molecule has 0 aliphatic heterocycles. The first-order chi connectivity index (χ1) is 8.19. The summed E-state index contributed by atoms with van der Waals surface area (Å²) >= 11 is 3.26. The molecule has 1 amide bonds. The maximum Gasteiger partial charge on any atom is 0.237 e. The van der Waals surface area contributed by atoms with Crippen LogP contribution in [-0.2, 0) is 11.3 Å². The summed E-state index contributed by atoms with van der Waals surface area (Å²) in [6.45, 7) is 8.41. The van der Waals surface area contributed by atoms with Crippen molar-refractivity contribution >= 4 is 21.8 Å². The van der Waals surface area contributed by atoms with Crippen LogP contribution in [0.1, 0.15) is 33.5 Å². The normalized spacial score (nSPS) is 13.7. The van der Waals surface area contributed by atoms with E-state index in [0.717, 1.165) is 5.76 Å². The maximum atomic E-state index is 12.0. The number of hydrogen-bond acceptors (Lipinski definition) is 3. The molecule has 1 N–H and O–H groups in total. The van der Waals surface area contributed by atoms with E-state index < -0.39 is 0 Å². The van der Waals surface area contributed by atoms with Crippen LogP contribution in [0.2, 0.25) is 0 Å². The second-order valence-corrected chi connectivity index (χ2v) is 6.32. The molecule has 102 valence electrons. The molecule has 4 nitrogen and oxygen atoms in total. The molecule has 0 aliphatic rings. The smallest absolute Gasteiger partial charge is 0.237 e. The van der Waals surface area contributed by atoms with Crippen LogP contribution in [0.15, 0.2) is 21.2 Å². The maximum absolute atomic E-state index is 12.0. The van der Waals surface area contributed by atoms with Crippen molar-refractivity contribution in [3.8, 4) is 0 Å². The first-order valence-electron chi connectivity index (χ1n) is 5.95. The van der Waals surface area contributed by atoms with Gasteiger partial charge in [-0.25, -0.2) is 0 Å². The van der Waals surface area contributed by atoms with Crippen molar-refractivity contribution < 1.29 is 9.21 Å². The average molecular weight is 317 g/mol. The van der Waals surface area contributed by atoms with Gasteiger partial charge in [0, 0.05) is 5.54 Å². The van der Waals surface area contributed by atoms with Crippen LogP contribution in [0.4, 0.5) is 0 Å². The van der Waals surface area contributed by atoms with E-state index in [1.165, 1.54) is 0 Å². The van der Waals surface area contributed by atoms with E-state index in [-0.39, 0.29) is 17.5 Å². The van der Waals surface area contributed by atoms with Crippen LogP contribution in [0.25, 0.3) is 0 Å². The molecule has 1 unspecified atom stereocenters. The van der Waals surface area contributed by atoms with Gasteiger partial charge in [-0.1, -0.05) is 0 Å². The molecular formula is C13H21BrN2O2. The van der Waals surface area contributed by atoms with Crippen LogP contribution >= 0.6 is 15.9 Å². The second kappa shape index (κ2) is 5.89. The van der Waals surface area contributed by atoms with Gasteiger partial charge in [-0.05, 0) is 62.8 Å². The first kappa shape index (κ1) is 15.2. The number of likely N-dealkylation sites (N-methyl/N-ethyl adjacent to an activating group) is 1. The molecule has 0 radical (unpaired) electrons. The SMILES string of the molecule is CC(C(=O)NC(C)(C)C)N(C)Cc1ccc(Br)o1. The standard InChI is InChI=1S/C13H21BrN2O2/c1-9(12(17)15-13(2,3)4)16(5)8-10-6-7-11(14)18-10/h6-7,9H,8H2,1-5H3,(H,15,17). The molecule has 0 bridgehead atoms. The molecule has 0 fully saturated rings. The third kappa shape index (κ3) is 4.82. The summed E-state index contributed by atoms with van der Waals surface area (Å²) in [5.74, 6) is 0.857. The number of carbonyl (C=O) groups is 1. The van der Waals surface area contributed by atoms with E-state index in [0.29, 0.717) is 11.2 Å². The summed E-state index contributed by atoms with van der Waals surface area (Å²) in [6.07, 6.45) is 0. The molecule has 1 rings (SSSR count). The Morgan fingerprint density at radius 1 is 1.50 bits per heavy atom. The predicted octanol–water partition coefficient (Wildman–Crippen LogP) is 2.78. The Morgan fingerprint density at radius 2 is 2.11 bits per heavy atom. The highest BCUT2D eigenvalue weighted by molar-refractivity contribution is 9.10. The lowest BCUT2D eigenvalue weighted by molar-refractivity contribution is -0.127. The number of halogens is 1. The molecular weight excluding hydrogens is 296 g/mol. The Balaban J connectivity index is 2.55. The Labute approximate surface area is 117 Å². The quantitative estimate of drug-likeness (QED) is 0.929. The number of furan rings is 1. The minimum atomic E-state index is -0.208. The molecule has 0 spiro atoms. The number of rotatable bonds is 4. The van der Waals surface area contributed by atoms with Crippen molar-refractivity contribution in [2.24, 2.45) is 0 Å². The summed E-state index contributed by atoms with van der Waals surface area (Å²) in [5, 5.41) is 2.97. The number of amides is 1. The Hall–Kier alpha value is -0.810. The van der Waals surface area contributed by atoms with Crippen molar-refractivity contribution in [3.05, 3.63) is 22.6 Å².